The van der Waals surface area contributed by atoms with E-state index in [4.69, 9.17) is 0 Å². The number of nitrogens with one attached hydrogen (secondary N) is 1. The van der Waals surface area contributed by atoms with Gasteiger partial charge in [-0.3, -0.25) is 4.79 Å². The second-order valence-corrected chi connectivity index (χ2v) is 4.51. The first kappa shape index (κ1) is 8.92. The second-order valence-electron chi connectivity index (χ2n) is 3.66. The summed E-state index contributed by atoms with van der Waals surface area (Å²) in [5.74, 6) is 0.0670. The van der Waals surface area contributed by atoms with Crippen LogP contribution >= 0.6 is 15.9 Å². The van der Waals surface area contributed by atoms with Crippen molar-refractivity contribution in [1.82, 2.24) is 0 Å². The highest BCUT2D eigenvalue weighted by Crippen LogP contribution is 2.34. The Bertz CT molecular complexity index is 563. The lowest BCUT2D eigenvalue weighted by Crippen LogP contribution is -2.19. The minimum atomic E-state index is 0.0670. The van der Waals surface area contributed by atoms with E-state index >= 15 is 0 Å². The van der Waals surface area contributed by atoms with Crippen LogP contribution in [0.1, 0.15) is 5.56 Å². The van der Waals surface area contributed by atoms with Crippen LogP contribution in [0, 0.1) is 0 Å². The number of hydrogen-bond acceptors (Lipinski definition) is 1. The molecule has 0 aliphatic carbocycles. The van der Waals surface area contributed by atoms with Gasteiger partial charge in [-0.25, -0.2) is 0 Å². The summed E-state index contributed by atoms with van der Waals surface area (Å²) in [6.45, 7) is 0. The minimum Gasteiger partial charge on any atom is -0.325 e. The van der Waals surface area contributed by atoms with Crippen LogP contribution in [-0.4, -0.2) is 5.91 Å². The molecule has 1 amide bonds. The third kappa shape index (κ3) is 1.27. The van der Waals surface area contributed by atoms with Crippen molar-refractivity contribution in [3.63, 3.8) is 0 Å². The zero-order valence-corrected chi connectivity index (χ0v) is 9.47. The van der Waals surface area contributed by atoms with Gasteiger partial charge < -0.3 is 5.32 Å². The van der Waals surface area contributed by atoms with E-state index in [0.29, 0.717) is 6.42 Å². The summed E-state index contributed by atoms with van der Waals surface area (Å²) in [5.41, 5.74) is 2.02. The third-order valence-corrected chi connectivity index (χ3v) is 3.39. The van der Waals surface area contributed by atoms with E-state index in [9.17, 15) is 4.79 Å². The summed E-state index contributed by atoms with van der Waals surface area (Å²) >= 11 is 3.52. The summed E-state index contributed by atoms with van der Waals surface area (Å²) in [6.07, 6.45) is 0.473. The van der Waals surface area contributed by atoms with Crippen LogP contribution in [0.2, 0.25) is 0 Å². The van der Waals surface area contributed by atoms with Crippen molar-refractivity contribution in [2.45, 2.75) is 6.42 Å². The third-order valence-electron chi connectivity index (χ3n) is 2.70. The van der Waals surface area contributed by atoms with Crippen molar-refractivity contribution in [3.8, 4) is 0 Å². The molecule has 0 unspecified atom stereocenters. The fourth-order valence-electron chi connectivity index (χ4n) is 2.06. The average Bonchev–Trinajstić information content (AvgIpc) is 2.23. The van der Waals surface area contributed by atoms with E-state index in [1.165, 1.54) is 0 Å². The Kier molecular flexibility index (Phi) is 1.83. The standard InChI is InChI=1S/C12H8BrNO/c13-9-5-4-7-6-11(15)14-10-3-1-2-8(9)12(7)10/h1-5H,6H2,(H,14,15). The molecule has 0 bridgehead atoms. The van der Waals surface area contributed by atoms with Gasteiger partial charge in [-0.2, -0.15) is 0 Å². The molecule has 0 atom stereocenters. The van der Waals surface area contributed by atoms with Gasteiger partial charge in [-0.15, -0.1) is 0 Å². The Morgan fingerprint density at radius 1 is 1.20 bits per heavy atom. The average molecular weight is 262 g/mol. The summed E-state index contributed by atoms with van der Waals surface area (Å²) in [5, 5.41) is 5.21. The molecular weight excluding hydrogens is 254 g/mol. The van der Waals surface area contributed by atoms with Crippen LogP contribution in [0.25, 0.3) is 10.8 Å². The predicted molar refractivity (Wildman–Crippen MR) is 64.0 cm³/mol. The van der Waals surface area contributed by atoms with E-state index in [1.807, 2.05) is 24.3 Å². The van der Waals surface area contributed by atoms with Crippen LogP contribution in [0.15, 0.2) is 34.8 Å². The number of anilines is 1. The quantitative estimate of drug-likeness (QED) is 0.776. The highest BCUT2D eigenvalue weighted by molar-refractivity contribution is 9.10. The Morgan fingerprint density at radius 3 is 2.93 bits per heavy atom. The zero-order valence-electron chi connectivity index (χ0n) is 7.88. The molecule has 0 spiro atoms. The smallest absolute Gasteiger partial charge is 0.228 e. The summed E-state index contributed by atoms with van der Waals surface area (Å²) < 4.78 is 1.07. The Hall–Kier alpha value is -1.35. The molecule has 1 aliphatic heterocycles. The van der Waals surface area contributed by atoms with Crippen molar-refractivity contribution in [2.75, 3.05) is 5.32 Å². The molecule has 2 aromatic rings. The Morgan fingerprint density at radius 2 is 2.07 bits per heavy atom. The number of carbonyl (C=O) groups is 1. The molecule has 0 aromatic heterocycles. The first-order chi connectivity index (χ1) is 7.25. The minimum absolute atomic E-state index is 0.0670. The van der Waals surface area contributed by atoms with Crippen LogP contribution < -0.4 is 5.32 Å². The lowest BCUT2D eigenvalue weighted by molar-refractivity contribution is -0.115. The molecule has 0 saturated heterocycles. The SMILES string of the molecule is O=C1Cc2ccc(Br)c3cccc(c23)N1. The van der Waals surface area contributed by atoms with Gasteiger partial charge in [0.15, 0.2) is 0 Å². The van der Waals surface area contributed by atoms with Gasteiger partial charge in [0.25, 0.3) is 0 Å². The first-order valence-electron chi connectivity index (χ1n) is 4.75. The van der Waals surface area contributed by atoms with Crippen LogP contribution in [0.4, 0.5) is 5.69 Å². The lowest BCUT2D eigenvalue weighted by Gasteiger charge is -2.18. The molecule has 0 fully saturated rings. The summed E-state index contributed by atoms with van der Waals surface area (Å²) in [4.78, 5) is 11.4. The normalized spacial score (nSPS) is 14.1. The molecule has 74 valence electrons. The van der Waals surface area contributed by atoms with E-state index in [2.05, 4.69) is 27.3 Å². The molecule has 0 saturated carbocycles. The van der Waals surface area contributed by atoms with Crippen molar-refractivity contribution < 1.29 is 4.79 Å². The summed E-state index contributed by atoms with van der Waals surface area (Å²) in [6, 6.07) is 9.96. The monoisotopic (exact) mass is 261 g/mol. The van der Waals surface area contributed by atoms with Crippen LogP contribution in [0.5, 0.6) is 0 Å². The second kappa shape index (κ2) is 3.07. The fourth-order valence-corrected chi connectivity index (χ4v) is 2.53. The zero-order chi connectivity index (χ0) is 10.4. The van der Waals surface area contributed by atoms with E-state index in [0.717, 1.165) is 26.5 Å². The van der Waals surface area contributed by atoms with Crippen molar-refractivity contribution in [3.05, 3.63) is 40.4 Å². The Balaban J connectivity index is 2.47. The topological polar surface area (TPSA) is 29.1 Å². The van der Waals surface area contributed by atoms with E-state index in [1.54, 1.807) is 0 Å². The number of benzene rings is 2. The molecule has 0 radical (unpaired) electrons. The van der Waals surface area contributed by atoms with Crippen molar-refractivity contribution in [2.24, 2.45) is 0 Å². The van der Waals surface area contributed by atoms with Gasteiger partial charge in [0.05, 0.1) is 6.42 Å². The maximum atomic E-state index is 11.4. The Labute approximate surface area is 95.4 Å². The molecule has 1 heterocycles. The van der Waals surface area contributed by atoms with Gasteiger partial charge in [0.2, 0.25) is 5.91 Å². The largest absolute Gasteiger partial charge is 0.325 e. The van der Waals surface area contributed by atoms with Crippen LogP contribution in [-0.2, 0) is 11.2 Å². The number of halogens is 1. The fraction of sp³-hybridized carbons (Fsp3) is 0.0833. The van der Waals surface area contributed by atoms with Gasteiger partial charge in [-0.1, -0.05) is 34.1 Å². The molecule has 1 N–H and O–H groups in total. The van der Waals surface area contributed by atoms with Crippen LogP contribution in [0.3, 0.4) is 0 Å². The van der Waals surface area contributed by atoms with Gasteiger partial charge in [0, 0.05) is 15.5 Å². The van der Waals surface area contributed by atoms with Gasteiger partial charge in [0.1, 0.15) is 0 Å². The molecule has 15 heavy (non-hydrogen) atoms. The lowest BCUT2D eigenvalue weighted by atomic mass is 9.97. The number of amides is 1. The molecular formula is C12H8BrNO. The highest BCUT2D eigenvalue weighted by atomic mass is 79.9. The number of carbonyl (C=O) groups excluding carboxylic acids is 1. The molecule has 2 aromatic carbocycles. The highest BCUT2D eigenvalue weighted by Gasteiger charge is 2.17. The number of hydrogen-bond donors (Lipinski definition) is 1. The molecule has 3 heteroatoms. The maximum absolute atomic E-state index is 11.4. The van der Waals surface area contributed by atoms with Crippen molar-refractivity contribution in [1.29, 1.82) is 0 Å². The molecule has 3 rings (SSSR count). The number of rotatable bonds is 0. The van der Waals surface area contributed by atoms with E-state index < -0.39 is 0 Å². The maximum Gasteiger partial charge on any atom is 0.228 e. The van der Waals surface area contributed by atoms with E-state index in [-0.39, 0.29) is 5.91 Å². The van der Waals surface area contributed by atoms with Crippen molar-refractivity contribution >= 4 is 38.3 Å². The first-order valence-corrected chi connectivity index (χ1v) is 5.55. The molecule has 1 aliphatic rings. The predicted octanol–water partition coefficient (Wildman–Crippen LogP) is 3.10. The summed E-state index contributed by atoms with van der Waals surface area (Å²) in [7, 11) is 0. The van der Waals surface area contributed by atoms with Gasteiger partial charge in [-0.05, 0) is 23.1 Å². The molecule has 2 nitrogen and oxygen atoms in total. The van der Waals surface area contributed by atoms with Gasteiger partial charge >= 0.3 is 0 Å².